The molecule has 1 aromatic heterocycles. The van der Waals surface area contributed by atoms with Gasteiger partial charge in [-0.1, -0.05) is 18.2 Å². The third-order valence-corrected chi connectivity index (χ3v) is 5.38. The summed E-state index contributed by atoms with van der Waals surface area (Å²) in [7, 11) is 1.78. The summed E-state index contributed by atoms with van der Waals surface area (Å²) in [6.45, 7) is 3.24. The standard InChI is InChI=1S/C21H22N4O3S/c1-14-20(21(28)25(24(14)3)17-7-5-4-6-8-17)23-19(27)13-29-18-11-9-16(10-12-18)22-15(2)26/h4-12H,13H2,1-3H3,(H,22,26)(H,23,27). The Labute approximate surface area is 172 Å². The van der Waals surface area contributed by atoms with E-state index in [0.29, 0.717) is 11.4 Å². The molecule has 7 nitrogen and oxygen atoms in total. The van der Waals surface area contributed by atoms with Crippen LogP contribution in [0.15, 0.2) is 64.3 Å². The average Bonchev–Trinajstić information content (AvgIpc) is 2.91. The van der Waals surface area contributed by atoms with Gasteiger partial charge in [-0.25, -0.2) is 4.68 Å². The highest BCUT2D eigenvalue weighted by atomic mass is 32.2. The topological polar surface area (TPSA) is 85.1 Å². The number of hydrogen-bond donors (Lipinski definition) is 2. The fourth-order valence-corrected chi connectivity index (χ4v) is 3.57. The molecule has 2 aromatic carbocycles. The number of thioether (sulfide) groups is 1. The van der Waals surface area contributed by atoms with Crippen LogP contribution < -0.4 is 16.2 Å². The monoisotopic (exact) mass is 410 g/mol. The third-order valence-electron chi connectivity index (χ3n) is 4.36. The Balaban J connectivity index is 1.68. The van der Waals surface area contributed by atoms with Crippen molar-refractivity contribution in [3.8, 4) is 5.69 Å². The van der Waals surface area contributed by atoms with Crippen LogP contribution in [0, 0.1) is 6.92 Å². The number of rotatable bonds is 6. The number of aromatic nitrogens is 2. The zero-order chi connectivity index (χ0) is 21.0. The molecular weight excluding hydrogens is 388 g/mol. The van der Waals surface area contributed by atoms with E-state index in [4.69, 9.17) is 0 Å². The number of carbonyl (C=O) groups excluding carboxylic acids is 2. The van der Waals surface area contributed by atoms with Gasteiger partial charge in [-0.3, -0.25) is 19.1 Å². The number of nitrogens with zero attached hydrogens (tertiary/aromatic N) is 2. The minimum atomic E-state index is -0.269. The summed E-state index contributed by atoms with van der Waals surface area (Å²) in [4.78, 5) is 37.2. The molecule has 8 heteroatoms. The molecule has 0 radical (unpaired) electrons. The number of anilines is 2. The van der Waals surface area contributed by atoms with Crippen molar-refractivity contribution in [2.24, 2.45) is 7.05 Å². The van der Waals surface area contributed by atoms with Crippen molar-refractivity contribution in [2.45, 2.75) is 18.7 Å². The predicted molar refractivity (Wildman–Crippen MR) is 116 cm³/mol. The maximum Gasteiger partial charge on any atom is 0.295 e. The van der Waals surface area contributed by atoms with Crippen LogP contribution in [-0.2, 0) is 16.6 Å². The summed E-state index contributed by atoms with van der Waals surface area (Å²) in [6.07, 6.45) is 0. The second-order valence-electron chi connectivity index (χ2n) is 6.48. The van der Waals surface area contributed by atoms with Crippen LogP contribution in [0.25, 0.3) is 5.69 Å². The fourth-order valence-electron chi connectivity index (χ4n) is 2.87. The second kappa shape index (κ2) is 8.83. The summed E-state index contributed by atoms with van der Waals surface area (Å²) in [5, 5.41) is 5.44. The maximum atomic E-state index is 12.8. The first-order chi connectivity index (χ1) is 13.9. The van der Waals surface area contributed by atoms with Gasteiger partial charge in [-0.2, -0.15) is 0 Å². The van der Waals surface area contributed by atoms with Crippen LogP contribution in [0.4, 0.5) is 11.4 Å². The zero-order valence-electron chi connectivity index (χ0n) is 16.4. The molecule has 0 aliphatic rings. The van der Waals surface area contributed by atoms with Crippen molar-refractivity contribution in [3.05, 3.63) is 70.6 Å². The van der Waals surface area contributed by atoms with Crippen molar-refractivity contribution < 1.29 is 9.59 Å². The summed E-state index contributed by atoms with van der Waals surface area (Å²) < 4.78 is 3.25. The minimum Gasteiger partial charge on any atom is -0.326 e. The molecule has 0 aliphatic heterocycles. The Morgan fingerprint density at radius 1 is 1.00 bits per heavy atom. The summed E-state index contributed by atoms with van der Waals surface area (Å²) in [5.74, 6) is -0.227. The number of hydrogen-bond acceptors (Lipinski definition) is 4. The molecule has 2 N–H and O–H groups in total. The Morgan fingerprint density at radius 3 is 2.28 bits per heavy atom. The molecular formula is C21H22N4O3S. The first-order valence-electron chi connectivity index (χ1n) is 9.01. The zero-order valence-corrected chi connectivity index (χ0v) is 17.2. The Kier molecular flexibility index (Phi) is 6.23. The quantitative estimate of drug-likeness (QED) is 0.611. The lowest BCUT2D eigenvalue weighted by Crippen LogP contribution is -2.23. The van der Waals surface area contributed by atoms with E-state index in [1.165, 1.54) is 23.4 Å². The highest BCUT2D eigenvalue weighted by Crippen LogP contribution is 2.21. The van der Waals surface area contributed by atoms with Gasteiger partial charge < -0.3 is 10.6 Å². The highest BCUT2D eigenvalue weighted by Gasteiger charge is 2.18. The molecule has 3 aromatic rings. The van der Waals surface area contributed by atoms with Gasteiger partial charge in [0.25, 0.3) is 5.56 Å². The molecule has 0 saturated heterocycles. The predicted octanol–water partition coefficient (Wildman–Crippen LogP) is 3.17. The van der Waals surface area contributed by atoms with Gasteiger partial charge >= 0.3 is 0 Å². The van der Waals surface area contributed by atoms with Gasteiger partial charge in [0.1, 0.15) is 5.69 Å². The van der Waals surface area contributed by atoms with E-state index in [2.05, 4.69) is 10.6 Å². The lowest BCUT2D eigenvalue weighted by atomic mass is 10.3. The Bertz CT molecular complexity index is 1090. The van der Waals surface area contributed by atoms with Crippen LogP contribution in [-0.4, -0.2) is 26.9 Å². The van der Waals surface area contributed by atoms with Crippen molar-refractivity contribution in [1.82, 2.24) is 9.36 Å². The first kappa shape index (κ1) is 20.5. The Morgan fingerprint density at radius 2 is 1.66 bits per heavy atom. The van der Waals surface area contributed by atoms with Crippen LogP contribution in [0.5, 0.6) is 0 Å². The third kappa shape index (κ3) is 4.78. The first-order valence-corrected chi connectivity index (χ1v) is 9.99. The van der Waals surface area contributed by atoms with Crippen LogP contribution in [0.3, 0.4) is 0 Å². The number of nitrogens with one attached hydrogen (secondary N) is 2. The molecule has 0 aliphatic carbocycles. The second-order valence-corrected chi connectivity index (χ2v) is 7.53. The van der Waals surface area contributed by atoms with Gasteiger partial charge in [0.2, 0.25) is 11.8 Å². The van der Waals surface area contributed by atoms with Gasteiger partial charge in [-0.15, -0.1) is 11.8 Å². The molecule has 29 heavy (non-hydrogen) atoms. The van der Waals surface area contributed by atoms with Gasteiger partial charge in [0.15, 0.2) is 0 Å². The molecule has 0 fully saturated rings. The van der Waals surface area contributed by atoms with Gasteiger partial charge in [0.05, 0.1) is 17.1 Å². The van der Waals surface area contributed by atoms with Gasteiger partial charge in [-0.05, 0) is 43.3 Å². The number of para-hydroxylation sites is 1. The van der Waals surface area contributed by atoms with E-state index >= 15 is 0 Å². The fraction of sp³-hybridized carbons (Fsp3) is 0.190. The van der Waals surface area contributed by atoms with E-state index in [1.54, 1.807) is 30.8 Å². The number of benzene rings is 2. The lowest BCUT2D eigenvalue weighted by Gasteiger charge is -2.07. The maximum absolute atomic E-state index is 12.8. The molecule has 150 valence electrons. The Hall–Kier alpha value is -3.26. The molecule has 2 amide bonds. The minimum absolute atomic E-state index is 0.135. The van der Waals surface area contributed by atoms with Crippen LogP contribution in [0.2, 0.25) is 0 Å². The normalized spacial score (nSPS) is 10.6. The van der Waals surface area contributed by atoms with Crippen molar-refractivity contribution in [1.29, 1.82) is 0 Å². The largest absolute Gasteiger partial charge is 0.326 e. The molecule has 0 spiro atoms. The molecule has 0 atom stereocenters. The van der Waals surface area contributed by atoms with E-state index < -0.39 is 0 Å². The SMILES string of the molecule is CC(=O)Nc1ccc(SCC(=O)Nc2c(C)n(C)n(-c3ccccc3)c2=O)cc1. The van der Waals surface area contributed by atoms with Crippen LogP contribution in [0.1, 0.15) is 12.6 Å². The van der Waals surface area contributed by atoms with Crippen molar-refractivity contribution in [2.75, 3.05) is 16.4 Å². The van der Waals surface area contributed by atoms with E-state index in [1.807, 2.05) is 42.5 Å². The van der Waals surface area contributed by atoms with E-state index in [0.717, 1.165) is 10.6 Å². The van der Waals surface area contributed by atoms with E-state index in [-0.39, 0.29) is 28.8 Å². The van der Waals surface area contributed by atoms with Crippen molar-refractivity contribution >= 4 is 35.0 Å². The summed E-state index contributed by atoms with van der Waals surface area (Å²) >= 11 is 1.35. The average molecular weight is 410 g/mol. The highest BCUT2D eigenvalue weighted by molar-refractivity contribution is 8.00. The molecule has 0 unspecified atom stereocenters. The van der Waals surface area contributed by atoms with Crippen LogP contribution >= 0.6 is 11.8 Å². The lowest BCUT2D eigenvalue weighted by molar-refractivity contribution is -0.114. The van der Waals surface area contributed by atoms with Crippen molar-refractivity contribution in [3.63, 3.8) is 0 Å². The smallest absolute Gasteiger partial charge is 0.295 e. The number of carbonyl (C=O) groups is 2. The molecule has 0 bridgehead atoms. The summed E-state index contributed by atoms with van der Waals surface area (Å²) in [5.41, 5.74) is 2.12. The molecule has 0 saturated carbocycles. The molecule has 1 heterocycles. The molecule has 3 rings (SSSR count). The van der Waals surface area contributed by atoms with Gasteiger partial charge in [0, 0.05) is 24.6 Å². The summed E-state index contributed by atoms with van der Waals surface area (Å²) in [6, 6.07) is 16.5. The number of amides is 2. The van der Waals surface area contributed by atoms with E-state index in [9.17, 15) is 14.4 Å².